The average molecular weight is 512 g/mol. The summed E-state index contributed by atoms with van der Waals surface area (Å²) in [6.45, 7) is -0.919. The molecule has 0 fully saturated rings. The molecule has 182 valence electrons. The number of hydrogen-bond acceptors (Lipinski definition) is 8. The number of hydrogen-bond donors (Lipinski definition) is 0. The van der Waals surface area contributed by atoms with E-state index in [1.807, 2.05) is 0 Å². The molecule has 0 unspecified atom stereocenters. The molecule has 9 nitrogen and oxygen atoms in total. The van der Waals surface area contributed by atoms with E-state index in [0.717, 1.165) is 30.3 Å². The van der Waals surface area contributed by atoms with Crippen LogP contribution in [0.5, 0.6) is 17.2 Å². The first kappa shape index (κ1) is 25.3. The Morgan fingerprint density at radius 3 is 2.29 bits per heavy atom. The van der Waals surface area contributed by atoms with Crippen LogP contribution >= 0.6 is 11.6 Å². The number of para-hydroxylation sites is 1. The second kappa shape index (κ2) is 10.7. The summed E-state index contributed by atoms with van der Waals surface area (Å²) in [5, 5.41) is 10.9. The summed E-state index contributed by atoms with van der Waals surface area (Å²) in [5.41, 5.74) is -2.24. The van der Waals surface area contributed by atoms with Gasteiger partial charge in [0.15, 0.2) is 0 Å². The second-order valence-corrected chi connectivity index (χ2v) is 6.95. The minimum atomic E-state index is -4.62. The summed E-state index contributed by atoms with van der Waals surface area (Å²) in [4.78, 5) is 34.4. The molecular weight excluding hydrogens is 499 g/mol. The third-order valence-corrected chi connectivity index (χ3v) is 4.48. The summed E-state index contributed by atoms with van der Waals surface area (Å²) >= 11 is 5.84. The van der Waals surface area contributed by atoms with Crippen LogP contribution in [0, 0.1) is 10.1 Å². The Morgan fingerprint density at radius 1 is 0.943 bits per heavy atom. The van der Waals surface area contributed by atoms with Gasteiger partial charge in [0.2, 0.25) is 6.79 Å². The Hall–Kier alpha value is -4.32. The van der Waals surface area contributed by atoms with E-state index in [-0.39, 0.29) is 22.3 Å². The average Bonchev–Trinajstić information content (AvgIpc) is 2.80. The lowest BCUT2D eigenvalue weighted by atomic mass is 10.1. The Labute approximate surface area is 199 Å². The van der Waals surface area contributed by atoms with E-state index in [1.54, 1.807) is 18.2 Å². The second-order valence-electron chi connectivity index (χ2n) is 6.54. The highest BCUT2D eigenvalue weighted by Gasteiger charge is 2.31. The standard InChI is InChI=1S/C22H13ClF3NO8/c23-17-10-13(22(24,25)26)6-9-19(17)34-15-7-8-18(27(30)31)16(11-15)20(28)32-12-33-21(29)35-14-4-2-1-3-5-14/h1-11H,12H2. The van der Waals surface area contributed by atoms with E-state index in [0.29, 0.717) is 6.07 Å². The van der Waals surface area contributed by atoms with E-state index >= 15 is 0 Å². The number of benzene rings is 3. The van der Waals surface area contributed by atoms with Crippen molar-refractivity contribution in [2.24, 2.45) is 0 Å². The maximum Gasteiger partial charge on any atom is 0.516 e. The van der Waals surface area contributed by atoms with Crippen LogP contribution < -0.4 is 9.47 Å². The smallest absolute Gasteiger partial charge is 0.456 e. The fourth-order valence-corrected chi connectivity index (χ4v) is 2.83. The third-order valence-electron chi connectivity index (χ3n) is 4.18. The van der Waals surface area contributed by atoms with Crippen molar-refractivity contribution in [1.29, 1.82) is 0 Å². The van der Waals surface area contributed by atoms with Crippen LogP contribution in [0.1, 0.15) is 15.9 Å². The molecule has 0 aliphatic rings. The van der Waals surface area contributed by atoms with Crippen molar-refractivity contribution < 1.29 is 46.6 Å². The maximum absolute atomic E-state index is 12.8. The van der Waals surface area contributed by atoms with E-state index < -0.39 is 46.8 Å². The number of nitro groups is 1. The molecule has 0 amide bonds. The third kappa shape index (κ3) is 6.84. The molecule has 0 N–H and O–H groups in total. The van der Waals surface area contributed by atoms with Crippen molar-refractivity contribution in [2.45, 2.75) is 6.18 Å². The molecule has 0 spiro atoms. The summed E-state index contributed by atoms with van der Waals surface area (Å²) < 4.78 is 57.9. The van der Waals surface area contributed by atoms with Gasteiger partial charge >= 0.3 is 18.3 Å². The van der Waals surface area contributed by atoms with Gasteiger partial charge < -0.3 is 18.9 Å². The van der Waals surface area contributed by atoms with Gasteiger partial charge in [-0.15, -0.1) is 0 Å². The van der Waals surface area contributed by atoms with Crippen molar-refractivity contribution in [3.05, 3.63) is 93.0 Å². The lowest BCUT2D eigenvalue weighted by Gasteiger charge is -2.12. The highest BCUT2D eigenvalue weighted by molar-refractivity contribution is 6.32. The highest BCUT2D eigenvalue weighted by Crippen LogP contribution is 2.37. The maximum atomic E-state index is 12.8. The van der Waals surface area contributed by atoms with Crippen LogP contribution in [0.15, 0.2) is 66.7 Å². The molecule has 13 heteroatoms. The largest absolute Gasteiger partial charge is 0.516 e. The minimum Gasteiger partial charge on any atom is -0.456 e. The zero-order valence-corrected chi connectivity index (χ0v) is 18.0. The number of esters is 1. The van der Waals surface area contributed by atoms with Gasteiger partial charge in [-0.3, -0.25) is 10.1 Å². The van der Waals surface area contributed by atoms with Crippen molar-refractivity contribution in [2.75, 3.05) is 6.79 Å². The number of halogens is 4. The number of carbonyl (C=O) groups excluding carboxylic acids is 2. The zero-order valence-electron chi connectivity index (χ0n) is 17.3. The van der Waals surface area contributed by atoms with Gasteiger partial charge in [-0.25, -0.2) is 9.59 Å². The number of nitrogens with zero attached hydrogens (tertiary/aromatic N) is 1. The number of ether oxygens (including phenoxy) is 4. The molecule has 0 saturated heterocycles. The molecule has 0 bridgehead atoms. The summed E-state index contributed by atoms with van der Waals surface area (Å²) in [7, 11) is 0. The molecule has 3 rings (SSSR count). The quantitative estimate of drug-likeness (QED) is 0.118. The summed E-state index contributed by atoms with van der Waals surface area (Å²) in [5.74, 6) is -1.42. The molecule has 0 heterocycles. The fourth-order valence-electron chi connectivity index (χ4n) is 2.61. The summed E-state index contributed by atoms with van der Waals surface area (Å²) in [6.07, 6.45) is -5.81. The van der Waals surface area contributed by atoms with Crippen molar-refractivity contribution in [3.63, 3.8) is 0 Å². The Balaban J connectivity index is 1.70. The van der Waals surface area contributed by atoms with E-state index in [2.05, 4.69) is 4.74 Å². The number of nitro benzene ring substituents is 1. The molecule has 0 aliphatic carbocycles. The van der Waals surface area contributed by atoms with Crippen LogP contribution in [0.2, 0.25) is 5.02 Å². The van der Waals surface area contributed by atoms with Gasteiger partial charge in [-0.1, -0.05) is 29.8 Å². The van der Waals surface area contributed by atoms with Gasteiger partial charge in [0.05, 0.1) is 15.5 Å². The topological polar surface area (TPSA) is 114 Å². The Kier molecular flexibility index (Phi) is 7.76. The highest BCUT2D eigenvalue weighted by atomic mass is 35.5. The van der Waals surface area contributed by atoms with Crippen LogP contribution in [-0.4, -0.2) is 23.8 Å². The number of alkyl halides is 3. The predicted octanol–water partition coefficient (Wildman–Crippen LogP) is 6.39. The lowest BCUT2D eigenvalue weighted by Crippen LogP contribution is -2.16. The lowest BCUT2D eigenvalue weighted by molar-refractivity contribution is -0.385. The van der Waals surface area contributed by atoms with Crippen molar-refractivity contribution in [1.82, 2.24) is 0 Å². The minimum absolute atomic E-state index is 0.159. The monoisotopic (exact) mass is 511 g/mol. The van der Waals surface area contributed by atoms with E-state index in [9.17, 15) is 32.9 Å². The van der Waals surface area contributed by atoms with Crippen molar-refractivity contribution >= 4 is 29.4 Å². The first-order valence-electron chi connectivity index (χ1n) is 9.44. The van der Waals surface area contributed by atoms with Crippen molar-refractivity contribution in [3.8, 4) is 17.2 Å². The van der Waals surface area contributed by atoms with E-state index in [1.165, 1.54) is 12.1 Å². The molecule has 0 aliphatic heterocycles. The molecule has 0 atom stereocenters. The number of carbonyl (C=O) groups is 2. The molecule has 0 saturated carbocycles. The van der Waals surface area contributed by atoms with Gasteiger partial charge in [0.1, 0.15) is 22.8 Å². The van der Waals surface area contributed by atoms with E-state index in [4.69, 9.17) is 25.8 Å². The normalized spacial score (nSPS) is 10.9. The van der Waals surface area contributed by atoms with Gasteiger partial charge in [0, 0.05) is 12.1 Å². The van der Waals surface area contributed by atoms with Crippen LogP contribution in [0.3, 0.4) is 0 Å². The molecule has 0 radical (unpaired) electrons. The molecule has 3 aromatic carbocycles. The zero-order chi connectivity index (χ0) is 25.6. The molecule has 0 aromatic heterocycles. The Bertz CT molecular complexity index is 1250. The van der Waals surface area contributed by atoms with Crippen LogP contribution in [-0.2, 0) is 15.7 Å². The SMILES string of the molecule is O=C(OCOC(=O)c1cc(Oc2ccc(C(F)(F)F)cc2Cl)ccc1[N+](=O)[O-])Oc1ccccc1. The Morgan fingerprint density at radius 2 is 1.66 bits per heavy atom. The molecule has 3 aromatic rings. The number of rotatable bonds is 7. The van der Waals surface area contributed by atoms with Crippen LogP contribution in [0.4, 0.5) is 23.7 Å². The first-order chi connectivity index (χ1) is 16.5. The predicted molar refractivity (Wildman–Crippen MR) is 113 cm³/mol. The van der Waals surface area contributed by atoms with Crippen LogP contribution in [0.25, 0.3) is 0 Å². The molecular formula is C22H13ClF3NO8. The van der Waals surface area contributed by atoms with Gasteiger partial charge in [-0.2, -0.15) is 13.2 Å². The van der Waals surface area contributed by atoms with Gasteiger partial charge in [0.25, 0.3) is 5.69 Å². The molecule has 35 heavy (non-hydrogen) atoms. The van der Waals surface area contributed by atoms with Gasteiger partial charge in [-0.05, 0) is 36.4 Å². The summed E-state index contributed by atoms with van der Waals surface area (Å²) in [6, 6.07) is 13.1. The fraction of sp³-hybridized carbons (Fsp3) is 0.0909. The first-order valence-corrected chi connectivity index (χ1v) is 9.82.